The minimum Gasteiger partial charge on any atom is -0.492 e. The molecule has 0 spiro atoms. The van der Waals surface area contributed by atoms with E-state index in [1.54, 1.807) is 0 Å². The Kier molecular flexibility index (Phi) is 11.3. The van der Waals surface area contributed by atoms with Crippen LogP contribution in [0.4, 0.5) is 0 Å². The molecular formula is C19H31IN4O4S. The molecule has 1 aliphatic heterocycles. The second-order valence-corrected chi connectivity index (χ2v) is 8.96. The Bertz CT molecular complexity index is 759. The largest absolute Gasteiger partial charge is 0.492 e. The summed E-state index contributed by atoms with van der Waals surface area (Å²) in [6.07, 6.45) is 0.712. The number of halogens is 1. The molecule has 1 atom stereocenters. The van der Waals surface area contributed by atoms with Gasteiger partial charge in [-0.2, -0.15) is 0 Å². The minimum absolute atomic E-state index is 0. The zero-order valence-electron chi connectivity index (χ0n) is 17.0. The number of para-hydroxylation sites is 1. The number of ether oxygens (including phenoxy) is 1. The van der Waals surface area contributed by atoms with Gasteiger partial charge in [0.25, 0.3) is 0 Å². The Morgan fingerprint density at radius 1 is 1.31 bits per heavy atom. The van der Waals surface area contributed by atoms with Crippen LogP contribution in [-0.2, 0) is 14.6 Å². The SMILES string of the molecule is CCNC(=NCCC(=O)NC1CCS(=O)(=O)C1)N(C)CCOc1ccccc1.I. The standard InChI is InChI=1S/C19H30N4O4S.HI/c1-3-20-19(23(2)12-13-27-17-7-5-4-6-8-17)21-11-9-18(24)22-16-10-14-28(25,26)15-16;/h4-8,16H,3,9-15H2,1-2H3,(H,20,21)(H,22,24);1H. The van der Waals surface area contributed by atoms with Gasteiger partial charge in [-0.1, -0.05) is 18.2 Å². The topological polar surface area (TPSA) is 100 Å². The van der Waals surface area contributed by atoms with Gasteiger partial charge in [0, 0.05) is 26.1 Å². The molecule has 0 saturated carbocycles. The molecular weight excluding hydrogens is 507 g/mol. The number of aliphatic imine (C=N–C) groups is 1. The highest BCUT2D eigenvalue weighted by Crippen LogP contribution is 2.11. The van der Waals surface area contributed by atoms with E-state index in [1.165, 1.54) is 0 Å². The first kappa shape index (κ1) is 25.5. The van der Waals surface area contributed by atoms with Crippen LogP contribution in [0.1, 0.15) is 19.8 Å². The number of hydrogen-bond acceptors (Lipinski definition) is 5. The number of amides is 1. The Morgan fingerprint density at radius 3 is 2.66 bits per heavy atom. The molecule has 1 heterocycles. The van der Waals surface area contributed by atoms with E-state index in [0.29, 0.717) is 32.1 Å². The van der Waals surface area contributed by atoms with E-state index >= 15 is 0 Å². The van der Waals surface area contributed by atoms with Gasteiger partial charge in [0.05, 0.1) is 24.6 Å². The van der Waals surface area contributed by atoms with Crippen molar-refractivity contribution in [2.24, 2.45) is 4.99 Å². The summed E-state index contributed by atoms with van der Waals surface area (Å²) < 4.78 is 28.6. The van der Waals surface area contributed by atoms with Crippen molar-refractivity contribution in [2.45, 2.75) is 25.8 Å². The molecule has 2 N–H and O–H groups in total. The van der Waals surface area contributed by atoms with Crippen LogP contribution in [-0.4, -0.2) is 76.0 Å². The van der Waals surface area contributed by atoms with Crippen molar-refractivity contribution in [1.82, 2.24) is 15.5 Å². The van der Waals surface area contributed by atoms with Crippen LogP contribution < -0.4 is 15.4 Å². The molecule has 0 bridgehead atoms. The van der Waals surface area contributed by atoms with Crippen molar-refractivity contribution in [2.75, 3.05) is 44.8 Å². The van der Waals surface area contributed by atoms with Crippen molar-refractivity contribution < 1.29 is 17.9 Å². The maximum Gasteiger partial charge on any atom is 0.222 e. The van der Waals surface area contributed by atoms with Crippen LogP contribution in [0.15, 0.2) is 35.3 Å². The predicted octanol–water partition coefficient (Wildman–Crippen LogP) is 1.27. The maximum absolute atomic E-state index is 12.0. The monoisotopic (exact) mass is 538 g/mol. The zero-order valence-corrected chi connectivity index (χ0v) is 20.1. The summed E-state index contributed by atoms with van der Waals surface area (Å²) in [5.41, 5.74) is 0. The summed E-state index contributed by atoms with van der Waals surface area (Å²) in [6.45, 7) is 4.19. The normalized spacial score (nSPS) is 17.9. The van der Waals surface area contributed by atoms with E-state index in [1.807, 2.05) is 49.2 Å². The molecule has 29 heavy (non-hydrogen) atoms. The van der Waals surface area contributed by atoms with E-state index in [-0.39, 0.29) is 53.9 Å². The number of carbonyl (C=O) groups excluding carboxylic acids is 1. The Hall–Kier alpha value is -1.56. The minimum atomic E-state index is -2.99. The van der Waals surface area contributed by atoms with Crippen molar-refractivity contribution in [3.8, 4) is 5.75 Å². The molecule has 164 valence electrons. The summed E-state index contributed by atoms with van der Waals surface area (Å²) in [7, 11) is -1.08. The molecule has 2 rings (SSSR count). The lowest BCUT2D eigenvalue weighted by atomic mass is 10.2. The second kappa shape index (κ2) is 12.9. The third-order valence-corrected chi connectivity index (χ3v) is 6.10. The lowest BCUT2D eigenvalue weighted by Gasteiger charge is -2.22. The van der Waals surface area contributed by atoms with Crippen LogP contribution in [0.2, 0.25) is 0 Å². The molecule has 1 saturated heterocycles. The molecule has 1 aromatic carbocycles. The lowest BCUT2D eigenvalue weighted by Crippen LogP contribution is -2.41. The highest BCUT2D eigenvalue weighted by atomic mass is 127. The van der Waals surface area contributed by atoms with Gasteiger partial charge in [-0.25, -0.2) is 8.42 Å². The fourth-order valence-corrected chi connectivity index (χ4v) is 4.54. The molecule has 0 aromatic heterocycles. The molecule has 8 nitrogen and oxygen atoms in total. The first-order valence-corrected chi connectivity index (χ1v) is 11.4. The van der Waals surface area contributed by atoms with Gasteiger partial charge in [-0.3, -0.25) is 9.79 Å². The van der Waals surface area contributed by atoms with Crippen LogP contribution in [0.25, 0.3) is 0 Å². The Labute approximate surface area is 190 Å². The number of benzene rings is 1. The summed E-state index contributed by atoms with van der Waals surface area (Å²) >= 11 is 0. The van der Waals surface area contributed by atoms with Crippen molar-refractivity contribution in [3.63, 3.8) is 0 Å². The van der Waals surface area contributed by atoms with Gasteiger partial charge in [-0.15, -0.1) is 24.0 Å². The van der Waals surface area contributed by atoms with E-state index < -0.39 is 9.84 Å². The fourth-order valence-electron chi connectivity index (χ4n) is 2.86. The summed E-state index contributed by atoms with van der Waals surface area (Å²) in [6, 6.07) is 9.35. The molecule has 1 aliphatic rings. The van der Waals surface area contributed by atoms with Crippen molar-refractivity contribution in [1.29, 1.82) is 0 Å². The Balaban J connectivity index is 0.00000420. The van der Waals surface area contributed by atoms with Gasteiger partial charge >= 0.3 is 0 Å². The molecule has 10 heteroatoms. The first-order chi connectivity index (χ1) is 13.4. The van der Waals surface area contributed by atoms with E-state index in [9.17, 15) is 13.2 Å². The molecule has 1 unspecified atom stereocenters. The third kappa shape index (κ3) is 9.66. The molecule has 1 amide bonds. The average molecular weight is 538 g/mol. The van der Waals surface area contributed by atoms with Gasteiger partial charge in [-0.05, 0) is 25.5 Å². The quantitative estimate of drug-likeness (QED) is 0.279. The second-order valence-electron chi connectivity index (χ2n) is 6.74. The predicted molar refractivity (Wildman–Crippen MR) is 126 cm³/mol. The number of sulfone groups is 1. The highest BCUT2D eigenvalue weighted by molar-refractivity contribution is 14.0. The van der Waals surface area contributed by atoms with Crippen LogP contribution in [0, 0.1) is 0 Å². The molecule has 0 aliphatic carbocycles. The third-order valence-electron chi connectivity index (χ3n) is 4.33. The number of nitrogens with zero attached hydrogens (tertiary/aromatic N) is 2. The molecule has 1 aromatic rings. The number of rotatable bonds is 9. The number of hydrogen-bond donors (Lipinski definition) is 2. The van der Waals surface area contributed by atoms with Crippen molar-refractivity contribution >= 4 is 45.7 Å². The van der Waals surface area contributed by atoms with Crippen LogP contribution in [0.3, 0.4) is 0 Å². The van der Waals surface area contributed by atoms with E-state index in [0.717, 1.165) is 12.3 Å². The highest BCUT2D eigenvalue weighted by Gasteiger charge is 2.28. The Morgan fingerprint density at radius 2 is 2.03 bits per heavy atom. The zero-order chi connectivity index (χ0) is 20.4. The smallest absolute Gasteiger partial charge is 0.222 e. The summed E-state index contributed by atoms with van der Waals surface area (Å²) in [5.74, 6) is 1.54. The van der Waals surface area contributed by atoms with Gasteiger partial charge < -0.3 is 20.3 Å². The van der Waals surface area contributed by atoms with Gasteiger partial charge in [0.1, 0.15) is 12.4 Å². The fraction of sp³-hybridized carbons (Fsp3) is 0.579. The number of guanidine groups is 1. The average Bonchev–Trinajstić information content (AvgIpc) is 3.00. The lowest BCUT2D eigenvalue weighted by molar-refractivity contribution is -0.121. The summed E-state index contributed by atoms with van der Waals surface area (Å²) in [4.78, 5) is 18.5. The van der Waals surface area contributed by atoms with E-state index in [2.05, 4.69) is 15.6 Å². The maximum atomic E-state index is 12.0. The van der Waals surface area contributed by atoms with Crippen LogP contribution in [0.5, 0.6) is 5.75 Å². The summed E-state index contributed by atoms with van der Waals surface area (Å²) in [5, 5.41) is 5.98. The molecule has 0 radical (unpaired) electrons. The first-order valence-electron chi connectivity index (χ1n) is 9.56. The van der Waals surface area contributed by atoms with Crippen molar-refractivity contribution in [3.05, 3.63) is 30.3 Å². The molecule has 1 fully saturated rings. The van der Waals surface area contributed by atoms with Gasteiger partial charge in [0.15, 0.2) is 15.8 Å². The van der Waals surface area contributed by atoms with Gasteiger partial charge in [0.2, 0.25) is 5.91 Å². The number of likely N-dealkylation sites (N-methyl/N-ethyl adjacent to an activating group) is 1. The number of carbonyl (C=O) groups is 1. The number of nitrogens with one attached hydrogen (secondary N) is 2. The van der Waals surface area contributed by atoms with E-state index in [4.69, 9.17) is 4.74 Å². The van der Waals surface area contributed by atoms with Crippen LogP contribution >= 0.6 is 24.0 Å².